The molecular weight excluding hydrogens is 484 g/mol. The number of hydrogen-bond acceptors (Lipinski definition) is 1. The molecule has 0 saturated heterocycles. The van der Waals surface area contributed by atoms with Gasteiger partial charge in [0, 0.05) is 18.7 Å². The minimum absolute atomic E-state index is 0.124. The third-order valence-corrected chi connectivity index (χ3v) is 6.78. The van der Waals surface area contributed by atoms with Gasteiger partial charge in [-0.3, -0.25) is 0 Å². The molecule has 0 aliphatic carbocycles. The maximum Gasteiger partial charge on any atom is 0.266 e. The molecular formula is C18H12Br2F4S. The monoisotopic (exact) mass is 494 g/mol. The lowest BCUT2D eigenvalue weighted by molar-refractivity contribution is 0.418. The van der Waals surface area contributed by atoms with Gasteiger partial charge in [-0.2, -0.15) is 17.6 Å². The molecule has 0 nitrogen and oxygen atoms in total. The highest BCUT2D eigenvalue weighted by Gasteiger charge is 2.11. The minimum atomic E-state index is -1.71. The predicted octanol–water partition coefficient (Wildman–Crippen LogP) is 8.01. The standard InChI is InChI=1S/C18H12Br2F4S/c19-17-11(7-9-15(21)22)3-1-5-13(17)25-14-6-2-4-12(18(14)20)8-10-16(23)24/h1-6,9-10H,7-8H2. The highest BCUT2D eigenvalue weighted by atomic mass is 79.9. The second-order valence-electron chi connectivity index (χ2n) is 4.96. The number of rotatable bonds is 6. The first kappa shape index (κ1) is 20.3. The molecule has 7 heteroatoms. The van der Waals surface area contributed by atoms with Crippen LogP contribution < -0.4 is 0 Å². The molecule has 2 aromatic rings. The van der Waals surface area contributed by atoms with Crippen LogP contribution in [0.4, 0.5) is 17.6 Å². The van der Waals surface area contributed by atoms with Crippen LogP contribution in [0.5, 0.6) is 0 Å². The van der Waals surface area contributed by atoms with Gasteiger partial charge in [-0.05, 0) is 80.1 Å². The summed E-state index contributed by atoms with van der Waals surface area (Å²) >= 11 is 8.35. The molecule has 2 aromatic carbocycles. The SMILES string of the molecule is FC(F)=CCc1cccc(Sc2cccc(CC=C(F)F)c2Br)c1Br. The molecule has 0 heterocycles. The zero-order valence-corrected chi connectivity index (χ0v) is 16.7. The van der Waals surface area contributed by atoms with Crippen molar-refractivity contribution in [1.82, 2.24) is 0 Å². The van der Waals surface area contributed by atoms with Gasteiger partial charge >= 0.3 is 0 Å². The fourth-order valence-corrected chi connectivity index (χ4v) is 4.39. The molecule has 0 saturated carbocycles. The van der Waals surface area contributed by atoms with E-state index in [4.69, 9.17) is 0 Å². The van der Waals surface area contributed by atoms with Crippen LogP contribution >= 0.6 is 43.6 Å². The first-order chi connectivity index (χ1) is 11.9. The van der Waals surface area contributed by atoms with Crippen molar-refractivity contribution in [3.63, 3.8) is 0 Å². The van der Waals surface area contributed by atoms with Gasteiger partial charge in [0.05, 0.1) is 0 Å². The van der Waals surface area contributed by atoms with E-state index in [1.165, 1.54) is 11.8 Å². The molecule has 25 heavy (non-hydrogen) atoms. The fourth-order valence-electron chi connectivity index (χ4n) is 2.08. The van der Waals surface area contributed by atoms with Crippen molar-refractivity contribution in [1.29, 1.82) is 0 Å². The van der Waals surface area contributed by atoms with Crippen molar-refractivity contribution in [2.45, 2.75) is 22.6 Å². The van der Waals surface area contributed by atoms with E-state index < -0.39 is 12.2 Å². The number of allylic oxidation sites excluding steroid dienone is 2. The summed E-state index contributed by atoms with van der Waals surface area (Å²) in [5.41, 5.74) is 1.49. The zero-order chi connectivity index (χ0) is 18.4. The zero-order valence-electron chi connectivity index (χ0n) is 12.7. The van der Waals surface area contributed by atoms with Gasteiger partial charge < -0.3 is 0 Å². The maximum atomic E-state index is 12.3. The van der Waals surface area contributed by atoms with Crippen LogP contribution in [0.1, 0.15) is 11.1 Å². The normalized spacial score (nSPS) is 10.5. The molecule has 132 valence electrons. The second-order valence-corrected chi connectivity index (χ2v) is 7.63. The van der Waals surface area contributed by atoms with Crippen LogP contribution in [-0.4, -0.2) is 0 Å². The first-order valence-electron chi connectivity index (χ1n) is 7.13. The summed E-state index contributed by atoms with van der Waals surface area (Å²) in [5.74, 6) is 0. The number of benzene rings is 2. The number of halogens is 6. The summed E-state index contributed by atoms with van der Waals surface area (Å²) < 4.78 is 50.7. The first-order valence-corrected chi connectivity index (χ1v) is 9.53. The van der Waals surface area contributed by atoms with Crippen LogP contribution in [0.25, 0.3) is 0 Å². The van der Waals surface area contributed by atoms with Gasteiger partial charge in [-0.15, -0.1) is 0 Å². The highest BCUT2D eigenvalue weighted by molar-refractivity contribution is 9.11. The van der Waals surface area contributed by atoms with Crippen LogP contribution in [0, 0.1) is 0 Å². The third-order valence-electron chi connectivity index (χ3n) is 3.26. The average molecular weight is 496 g/mol. The van der Waals surface area contributed by atoms with E-state index in [-0.39, 0.29) is 12.8 Å². The average Bonchev–Trinajstić information content (AvgIpc) is 2.56. The van der Waals surface area contributed by atoms with Crippen molar-refractivity contribution in [2.75, 3.05) is 0 Å². The van der Waals surface area contributed by atoms with Crippen molar-refractivity contribution in [2.24, 2.45) is 0 Å². The Morgan fingerprint density at radius 2 is 1.16 bits per heavy atom. The Morgan fingerprint density at radius 3 is 1.52 bits per heavy atom. The number of hydrogen-bond donors (Lipinski definition) is 0. The lowest BCUT2D eigenvalue weighted by atomic mass is 10.1. The largest absolute Gasteiger partial charge is 0.266 e. The van der Waals surface area contributed by atoms with E-state index >= 15 is 0 Å². The van der Waals surface area contributed by atoms with Gasteiger partial charge in [0.1, 0.15) is 0 Å². The Bertz CT molecular complexity index is 743. The summed E-state index contributed by atoms with van der Waals surface area (Å²) in [7, 11) is 0. The van der Waals surface area contributed by atoms with Gasteiger partial charge in [0.2, 0.25) is 0 Å². The molecule has 0 atom stereocenters. The molecule has 0 N–H and O–H groups in total. The van der Waals surface area contributed by atoms with Gasteiger partial charge in [0.15, 0.2) is 0 Å². The van der Waals surface area contributed by atoms with Crippen molar-refractivity contribution in [3.05, 3.63) is 80.8 Å². The molecule has 0 aliphatic heterocycles. The van der Waals surface area contributed by atoms with Crippen molar-refractivity contribution in [3.8, 4) is 0 Å². The Hall–Kier alpha value is -1.05. The Kier molecular flexibility index (Phi) is 7.78. The fraction of sp³-hybridized carbons (Fsp3) is 0.111. The summed E-state index contributed by atoms with van der Waals surface area (Å²) in [5, 5.41) is 0. The molecule has 0 amide bonds. The van der Waals surface area contributed by atoms with E-state index in [0.717, 1.165) is 42.0 Å². The smallest absolute Gasteiger partial charge is 0.174 e. The maximum absolute atomic E-state index is 12.3. The summed E-state index contributed by atoms with van der Waals surface area (Å²) in [6, 6.07) is 10.9. The van der Waals surface area contributed by atoms with E-state index in [0.29, 0.717) is 0 Å². The van der Waals surface area contributed by atoms with E-state index in [9.17, 15) is 17.6 Å². The summed E-state index contributed by atoms with van der Waals surface area (Å²) in [4.78, 5) is 1.71. The molecule has 0 radical (unpaired) electrons. The van der Waals surface area contributed by atoms with E-state index in [2.05, 4.69) is 31.9 Å². The Morgan fingerprint density at radius 1 is 0.760 bits per heavy atom. The highest BCUT2D eigenvalue weighted by Crippen LogP contribution is 2.40. The van der Waals surface area contributed by atoms with E-state index in [1.54, 1.807) is 24.3 Å². The lowest BCUT2D eigenvalue weighted by Crippen LogP contribution is -1.89. The summed E-state index contributed by atoms with van der Waals surface area (Å²) in [6.45, 7) is 0. The molecule has 0 aromatic heterocycles. The molecule has 0 aliphatic rings. The molecule has 0 unspecified atom stereocenters. The quantitative estimate of drug-likeness (QED) is 0.365. The van der Waals surface area contributed by atoms with Crippen LogP contribution in [-0.2, 0) is 12.8 Å². The Balaban J connectivity index is 2.28. The Labute approximate surface area is 164 Å². The van der Waals surface area contributed by atoms with Crippen molar-refractivity contribution < 1.29 is 17.6 Å². The van der Waals surface area contributed by atoms with Crippen LogP contribution in [0.2, 0.25) is 0 Å². The van der Waals surface area contributed by atoms with Gasteiger partial charge in [0.25, 0.3) is 12.2 Å². The molecule has 2 rings (SSSR count). The van der Waals surface area contributed by atoms with Crippen molar-refractivity contribution >= 4 is 43.6 Å². The van der Waals surface area contributed by atoms with Gasteiger partial charge in [-0.25, -0.2) is 0 Å². The van der Waals surface area contributed by atoms with Crippen LogP contribution in [0.3, 0.4) is 0 Å². The lowest BCUT2D eigenvalue weighted by Gasteiger charge is -2.11. The molecule has 0 bridgehead atoms. The van der Waals surface area contributed by atoms with E-state index in [1.807, 2.05) is 12.1 Å². The minimum Gasteiger partial charge on any atom is -0.174 e. The summed E-state index contributed by atoms with van der Waals surface area (Å²) in [6.07, 6.45) is -1.45. The molecule has 0 fully saturated rings. The molecule has 0 spiro atoms. The predicted molar refractivity (Wildman–Crippen MR) is 100 cm³/mol. The second kappa shape index (κ2) is 9.59. The van der Waals surface area contributed by atoms with Gasteiger partial charge in [-0.1, -0.05) is 36.0 Å². The van der Waals surface area contributed by atoms with Crippen LogP contribution in [0.15, 0.2) is 79.4 Å². The third kappa shape index (κ3) is 6.01. The topological polar surface area (TPSA) is 0 Å².